The number of benzene rings is 2. The van der Waals surface area contributed by atoms with Gasteiger partial charge in [-0.05, 0) is 75.5 Å². The van der Waals surface area contributed by atoms with Gasteiger partial charge in [0.2, 0.25) is 5.95 Å². The Balaban J connectivity index is 1.58. The standard InChI is InChI=1S/C27H27F3N6O2S2/c1-27(2,3)38-26(37)33-12-5-8-21-35-23(24(39-21)19-11-13-32-25(31)34-19)16-6-4-7-18(22(16)30)36-40-20-14-15(28)9-10-17(20)29/h4,6-7,9-11,13-14,36H,5,8,12H2,1-3H3,(H,33,37)(H2,31,32,34). The molecule has 210 valence electrons. The van der Waals surface area contributed by atoms with Crippen LogP contribution in [0.2, 0.25) is 0 Å². The number of aromatic nitrogens is 3. The Morgan fingerprint density at radius 2 is 1.93 bits per heavy atom. The maximum absolute atomic E-state index is 15.8. The molecule has 8 nitrogen and oxygen atoms in total. The quantitative estimate of drug-likeness (QED) is 0.144. The molecule has 0 unspecified atom stereocenters. The SMILES string of the molecule is CC(C)(C)OC(=O)NCCCc1nc(-c2cccc(NSc3cc(F)ccc3F)c2F)c(-c2ccnc(N)n2)s1. The Labute approximate surface area is 237 Å². The van der Waals surface area contributed by atoms with Crippen LogP contribution in [-0.2, 0) is 11.2 Å². The maximum Gasteiger partial charge on any atom is 0.407 e. The molecule has 0 aliphatic heterocycles. The average molecular weight is 589 g/mol. The lowest BCUT2D eigenvalue weighted by atomic mass is 10.1. The van der Waals surface area contributed by atoms with Gasteiger partial charge in [-0.15, -0.1) is 11.3 Å². The van der Waals surface area contributed by atoms with Crippen LogP contribution in [0.4, 0.5) is 29.6 Å². The van der Waals surface area contributed by atoms with Gasteiger partial charge in [0.25, 0.3) is 0 Å². The van der Waals surface area contributed by atoms with Crippen molar-refractivity contribution in [3.05, 3.63) is 71.1 Å². The molecule has 0 saturated heterocycles. The van der Waals surface area contributed by atoms with Crippen LogP contribution in [0.25, 0.3) is 21.8 Å². The number of nitrogen functional groups attached to an aromatic ring is 1. The van der Waals surface area contributed by atoms with Crippen molar-refractivity contribution in [3.63, 3.8) is 0 Å². The zero-order chi connectivity index (χ0) is 28.9. The molecule has 1 amide bonds. The van der Waals surface area contributed by atoms with Gasteiger partial charge >= 0.3 is 6.09 Å². The maximum atomic E-state index is 15.8. The van der Waals surface area contributed by atoms with E-state index >= 15 is 4.39 Å². The molecule has 0 spiro atoms. The van der Waals surface area contributed by atoms with Gasteiger partial charge in [-0.2, -0.15) is 0 Å². The predicted octanol–water partition coefficient (Wildman–Crippen LogP) is 6.84. The molecule has 0 fully saturated rings. The summed E-state index contributed by atoms with van der Waals surface area (Å²) < 4.78 is 51.4. The fraction of sp³-hybridized carbons (Fsp3) is 0.259. The minimum Gasteiger partial charge on any atom is -0.444 e. The molecule has 0 bridgehead atoms. The van der Waals surface area contributed by atoms with Crippen LogP contribution in [0.15, 0.2) is 53.6 Å². The second-order valence-electron chi connectivity index (χ2n) is 9.56. The van der Waals surface area contributed by atoms with Crippen LogP contribution in [0, 0.1) is 17.5 Å². The van der Waals surface area contributed by atoms with E-state index in [0.29, 0.717) is 40.7 Å². The number of aryl methyl sites for hydroxylation is 1. The molecule has 0 aliphatic rings. The lowest BCUT2D eigenvalue weighted by Gasteiger charge is -2.19. The van der Waals surface area contributed by atoms with E-state index in [-0.39, 0.29) is 22.1 Å². The molecule has 0 saturated carbocycles. The Kier molecular flexibility index (Phi) is 9.15. The number of carbonyl (C=O) groups is 1. The number of anilines is 2. The van der Waals surface area contributed by atoms with Crippen LogP contribution in [-0.4, -0.2) is 33.2 Å². The highest BCUT2D eigenvalue weighted by Crippen LogP contribution is 2.39. The number of hydrogen-bond acceptors (Lipinski definition) is 9. The molecule has 0 aliphatic carbocycles. The summed E-state index contributed by atoms with van der Waals surface area (Å²) >= 11 is 2.08. The van der Waals surface area contributed by atoms with Gasteiger partial charge in [-0.1, -0.05) is 6.07 Å². The molecule has 4 N–H and O–H groups in total. The van der Waals surface area contributed by atoms with Crippen molar-refractivity contribution < 1.29 is 22.7 Å². The zero-order valence-corrected chi connectivity index (χ0v) is 23.6. The van der Waals surface area contributed by atoms with E-state index < -0.39 is 29.1 Å². The summed E-state index contributed by atoms with van der Waals surface area (Å²) in [4.78, 5) is 25.4. The number of amides is 1. The molecule has 4 aromatic rings. The van der Waals surface area contributed by atoms with Gasteiger partial charge < -0.3 is 20.5 Å². The molecule has 2 aromatic carbocycles. The first-order chi connectivity index (χ1) is 19.0. The molecule has 2 aromatic heterocycles. The first-order valence-electron chi connectivity index (χ1n) is 12.2. The van der Waals surface area contributed by atoms with Crippen molar-refractivity contribution in [2.24, 2.45) is 0 Å². The number of nitrogens with one attached hydrogen (secondary N) is 2. The molecule has 0 radical (unpaired) electrons. The number of carbonyl (C=O) groups excluding carboxylic acids is 1. The highest BCUT2D eigenvalue weighted by atomic mass is 32.2. The van der Waals surface area contributed by atoms with Gasteiger partial charge in [0.1, 0.15) is 17.2 Å². The highest BCUT2D eigenvalue weighted by Gasteiger charge is 2.21. The third-order valence-electron chi connectivity index (χ3n) is 5.23. The lowest BCUT2D eigenvalue weighted by molar-refractivity contribution is 0.0527. The van der Waals surface area contributed by atoms with Crippen LogP contribution in [0.1, 0.15) is 32.2 Å². The number of ether oxygens (including phenoxy) is 1. The van der Waals surface area contributed by atoms with Crippen molar-refractivity contribution in [1.29, 1.82) is 0 Å². The van der Waals surface area contributed by atoms with E-state index in [1.165, 1.54) is 23.6 Å². The third-order valence-corrected chi connectivity index (χ3v) is 7.22. The van der Waals surface area contributed by atoms with Gasteiger partial charge in [-0.25, -0.2) is 32.9 Å². The summed E-state index contributed by atoms with van der Waals surface area (Å²) in [5.41, 5.74) is 6.28. The summed E-state index contributed by atoms with van der Waals surface area (Å²) in [5, 5.41) is 3.41. The van der Waals surface area contributed by atoms with E-state index in [1.54, 1.807) is 39.0 Å². The Hall–Kier alpha value is -3.84. The predicted molar refractivity (Wildman–Crippen MR) is 151 cm³/mol. The fourth-order valence-electron chi connectivity index (χ4n) is 3.53. The van der Waals surface area contributed by atoms with Gasteiger partial charge in [0.15, 0.2) is 5.82 Å². The van der Waals surface area contributed by atoms with E-state index in [0.717, 1.165) is 30.1 Å². The number of thiazole rings is 1. The minimum atomic E-state index is -0.635. The lowest BCUT2D eigenvalue weighted by Crippen LogP contribution is -2.33. The average Bonchev–Trinajstić information content (AvgIpc) is 3.31. The summed E-state index contributed by atoms with van der Waals surface area (Å²) in [5.74, 6) is -1.81. The molecule has 2 heterocycles. The second kappa shape index (κ2) is 12.6. The number of nitrogens with zero attached hydrogens (tertiary/aromatic N) is 3. The van der Waals surface area contributed by atoms with Gasteiger partial charge in [-0.3, -0.25) is 0 Å². The molecular weight excluding hydrogens is 561 g/mol. The zero-order valence-electron chi connectivity index (χ0n) is 21.9. The van der Waals surface area contributed by atoms with Crippen LogP contribution >= 0.6 is 23.3 Å². The Morgan fingerprint density at radius 1 is 1.12 bits per heavy atom. The topological polar surface area (TPSA) is 115 Å². The van der Waals surface area contributed by atoms with E-state index in [9.17, 15) is 13.6 Å². The summed E-state index contributed by atoms with van der Waals surface area (Å²) in [7, 11) is 0. The third kappa shape index (κ3) is 7.63. The minimum absolute atomic E-state index is 0.0158. The van der Waals surface area contributed by atoms with Crippen molar-refractivity contribution in [2.75, 3.05) is 17.0 Å². The molecular formula is C27H27F3N6O2S2. The summed E-state index contributed by atoms with van der Waals surface area (Å²) in [6.45, 7) is 5.72. The molecule has 13 heteroatoms. The van der Waals surface area contributed by atoms with E-state index in [4.69, 9.17) is 15.5 Å². The molecule has 40 heavy (non-hydrogen) atoms. The fourth-order valence-corrected chi connectivity index (χ4v) is 5.34. The number of halogens is 3. The Morgan fingerprint density at radius 3 is 2.67 bits per heavy atom. The second-order valence-corrected chi connectivity index (χ2v) is 11.5. The van der Waals surface area contributed by atoms with Crippen molar-refractivity contribution in [3.8, 4) is 21.8 Å². The van der Waals surface area contributed by atoms with E-state index in [2.05, 4.69) is 20.0 Å². The van der Waals surface area contributed by atoms with E-state index in [1.807, 2.05) is 0 Å². The Bertz CT molecular complexity index is 1510. The number of rotatable bonds is 9. The number of nitrogens with two attached hydrogens (primary N) is 1. The van der Waals surface area contributed by atoms with Crippen molar-refractivity contribution >= 4 is 41.0 Å². The van der Waals surface area contributed by atoms with Crippen LogP contribution in [0.5, 0.6) is 0 Å². The first kappa shape index (κ1) is 29.2. The number of alkyl carbamates (subject to hydrolysis) is 1. The molecule has 0 atom stereocenters. The number of hydrogen-bond donors (Lipinski definition) is 3. The first-order valence-corrected chi connectivity index (χ1v) is 13.9. The van der Waals surface area contributed by atoms with Gasteiger partial charge in [0.05, 0.1) is 31.9 Å². The monoisotopic (exact) mass is 588 g/mol. The van der Waals surface area contributed by atoms with Crippen molar-refractivity contribution in [2.45, 2.75) is 44.1 Å². The normalized spacial score (nSPS) is 11.3. The van der Waals surface area contributed by atoms with Crippen LogP contribution < -0.4 is 15.8 Å². The summed E-state index contributed by atoms with van der Waals surface area (Å²) in [6.07, 6.45) is 2.07. The molecule has 4 rings (SSSR count). The largest absolute Gasteiger partial charge is 0.444 e. The van der Waals surface area contributed by atoms with Gasteiger partial charge in [0, 0.05) is 24.7 Å². The van der Waals surface area contributed by atoms with Crippen molar-refractivity contribution in [1.82, 2.24) is 20.3 Å². The summed E-state index contributed by atoms with van der Waals surface area (Å²) in [6, 6.07) is 9.39. The highest BCUT2D eigenvalue weighted by molar-refractivity contribution is 8.00. The smallest absolute Gasteiger partial charge is 0.407 e. The van der Waals surface area contributed by atoms with Crippen LogP contribution in [0.3, 0.4) is 0 Å².